The van der Waals surface area contributed by atoms with E-state index in [1.54, 1.807) is 48.7 Å². The number of hydrogen-bond acceptors (Lipinski definition) is 7. The van der Waals surface area contributed by atoms with Crippen LogP contribution in [0.4, 0.5) is 0 Å². The van der Waals surface area contributed by atoms with Gasteiger partial charge in [0.25, 0.3) is 6.47 Å². The number of benzene rings is 2. The maximum absolute atomic E-state index is 13.0. The van der Waals surface area contributed by atoms with Crippen molar-refractivity contribution in [3.8, 4) is 39.4 Å². The molecule has 0 fully saturated rings. The number of fused-ring (bicyclic) bond motifs is 3. The summed E-state index contributed by atoms with van der Waals surface area (Å²) in [6.45, 7) is 0.321. The molecule has 0 radical (unpaired) electrons. The molecule has 0 aliphatic heterocycles. The minimum atomic E-state index is -1.07. The van der Waals surface area contributed by atoms with Gasteiger partial charge in [-0.05, 0) is 47.5 Å². The van der Waals surface area contributed by atoms with Crippen LogP contribution >= 0.6 is 0 Å². The molecule has 0 atom stereocenters. The summed E-state index contributed by atoms with van der Waals surface area (Å²) in [5.74, 6) is -2.17. The molecule has 0 saturated heterocycles. The molecule has 2 aromatic heterocycles. The lowest BCUT2D eigenvalue weighted by Gasteiger charge is -2.18. The Kier molecular flexibility index (Phi) is 5.03. The lowest BCUT2D eigenvalue weighted by Crippen LogP contribution is -2.23. The molecule has 1 aliphatic carbocycles. The first-order valence-electron chi connectivity index (χ1n) is 10.1. The van der Waals surface area contributed by atoms with E-state index in [1.807, 2.05) is 0 Å². The number of carbonyl (C=O) groups excluding carboxylic acids is 3. The fourth-order valence-corrected chi connectivity index (χ4v) is 3.85. The highest BCUT2D eigenvalue weighted by atomic mass is 16.5. The van der Waals surface area contributed by atoms with E-state index in [9.17, 15) is 24.3 Å². The second kappa shape index (κ2) is 8.18. The van der Waals surface area contributed by atoms with Crippen molar-refractivity contribution in [2.75, 3.05) is 0 Å². The number of carboxylic acid groups (broad SMARTS) is 1. The minimum absolute atomic E-state index is 0.0970. The van der Waals surface area contributed by atoms with Crippen LogP contribution in [0, 0.1) is 0 Å². The zero-order valence-corrected chi connectivity index (χ0v) is 17.4. The fraction of sp³-hybridized carbons (Fsp3) is 0. The number of ketones is 2. The standard InChI is InChI=1S/C26H14N2O6/c29-13-34-19-6-2-4-15(8-19)18-10-21-23(28-12-18)22-20(24(30)25(21)31)9-17(11-27-22)14-3-1-5-16(7-14)26(32)33/h1-13H,(H,32,33). The van der Waals surface area contributed by atoms with E-state index >= 15 is 0 Å². The first-order valence-corrected chi connectivity index (χ1v) is 10.1. The van der Waals surface area contributed by atoms with Gasteiger partial charge in [-0.2, -0.15) is 0 Å². The summed E-state index contributed by atoms with van der Waals surface area (Å²) in [5.41, 5.74) is 3.19. The van der Waals surface area contributed by atoms with Crippen molar-refractivity contribution in [1.29, 1.82) is 0 Å². The molecular weight excluding hydrogens is 436 g/mol. The third-order valence-corrected chi connectivity index (χ3v) is 5.49. The summed E-state index contributed by atoms with van der Waals surface area (Å²) in [4.78, 5) is 56.6. The SMILES string of the molecule is O=COc1cccc(-c2cnc3c(c2)C(=O)C(=O)c2cc(-c4cccc(C(=O)O)c4)cnc2-3)c1. The van der Waals surface area contributed by atoms with Crippen LogP contribution in [0.2, 0.25) is 0 Å². The maximum Gasteiger partial charge on any atom is 0.335 e. The van der Waals surface area contributed by atoms with Crippen molar-refractivity contribution in [2.45, 2.75) is 0 Å². The number of hydrogen-bond donors (Lipinski definition) is 1. The number of pyridine rings is 2. The van der Waals surface area contributed by atoms with Crippen molar-refractivity contribution >= 4 is 24.0 Å². The van der Waals surface area contributed by atoms with Crippen LogP contribution in [0.1, 0.15) is 31.1 Å². The van der Waals surface area contributed by atoms with Crippen LogP contribution < -0.4 is 4.74 Å². The largest absolute Gasteiger partial charge is 0.478 e. The van der Waals surface area contributed by atoms with Gasteiger partial charge in [0.2, 0.25) is 11.6 Å². The van der Waals surface area contributed by atoms with Crippen LogP contribution in [0.5, 0.6) is 5.75 Å². The molecule has 0 amide bonds. The third kappa shape index (κ3) is 3.53. The summed E-state index contributed by atoms with van der Waals surface area (Å²) in [7, 11) is 0. The highest BCUT2D eigenvalue weighted by Crippen LogP contribution is 2.35. The van der Waals surface area contributed by atoms with Crippen LogP contribution in [0.25, 0.3) is 33.6 Å². The second-order valence-corrected chi connectivity index (χ2v) is 7.53. The predicted octanol–water partition coefficient (Wildman–Crippen LogP) is 4.09. The van der Waals surface area contributed by atoms with Gasteiger partial charge in [0.1, 0.15) is 17.1 Å². The van der Waals surface area contributed by atoms with Crippen molar-refractivity contribution in [2.24, 2.45) is 0 Å². The third-order valence-electron chi connectivity index (χ3n) is 5.49. The van der Waals surface area contributed by atoms with E-state index in [4.69, 9.17) is 4.74 Å². The van der Waals surface area contributed by atoms with Gasteiger partial charge in [0.05, 0.1) is 16.7 Å². The Morgan fingerprint density at radius 2 is 1.32 bits per heavy atom. The fourth-order valence-electron chi connectivity index (χ4n) is 3.85. The second-order valence-electron chi connectivity index (χ2n) is 7.53. The van der Waals surface area contributed by atoms with E-state index in [-0.39, 0.29) is 28.1 Å². The number of aromatic carboxylic acids is 1. The van der Waals surface area contributed by atoms with Crippen LogP contribution in [-0.2, 0) is 4.79 Å². The first kappa shape index (κ1) is 20.9. The summed E-state index contributed by atoms with van der Waals surface area (Å²) in [6, 6.07) is 16.0. The average Bonchev–Trinajstić information content (AvgIpc) is 2.87. The summed E-state index contributed by atoms with van der Waals surface area (Å²) < 4.78 is 4.87. The number of aromatic nitrogens is 2. The zero-order valence-electron chi connectivity index (χ0n) is 17.4. The number of rotatable bonds is 5. The van der Waals surface area contributed by atoms with Crippen molar-refractivity contribution < 1.29 is 29.0 Å². The van der Waals surface area contributed by atoms with Crippen LogP contribution in [0.3, 0.4) is 0 Å². The first-order chi connectivity index (χ1) is 16.5. The molecule has 5 rings (SSSR count). The number of carbonyl (C=O) groups is 4. The number of nitrogens with zero attached hydrogens (tertiary/aromatic N) is 2. The lowest BCUT2D eigenvalue weighted by atomic mass is 9.87. The molecule has 0 unspecified atom stereocenters. The predicted molar refractivity (Wildman–Crippen MR) is 121 cm³/mol. The Balaban J connectivity index is 1.59. The molecule has 1 N–H and O–H groups in total. The van der Waals surface area contributed by atoms with Gasteiger partial charge in [-0.15, -0.1) is 0 Å². The molecule has 0 spiro atoms. The summed E-state index contributed by atoms with van der Waals surface area (Å²) >= 11 is 0. The van der Waals surface area contributed by atoms with E-state index < -0.39 is 17.5 Å². The lowest BCUT2D eigenvalue weighted by molar-refractivity contribution is -0.120. The van der Waals surface area contributed by atoms with Gasteiger partial charge in [-0.3, -0.25) is 24.4 Å². The number of Topliss-reactive ketones (excluding diaryl/α,β-unsaturated/α-hetero) is 2. The van der Waals surface area contributed by atoms with Crippen molar-refractivity contribution in [3.63, 3.8) is 0 Å². The number of carboxylic acids is 1. The minimum Gasteiger partial charge on any atom is -0.478 e. The van der Waals surface area contributed by atoms with E-state index in [0.717, 1.165) is 0 Å². The van der Waals surface area contributed by atoms with Gasteiger partial charge < -0.3 is 9.84 Å². The highest BCUT2D eigenvalue weighted by Gasteiger charge is 2.33. The Morgan fingerprint density at radius 3 is 1.88 bits per heavy atom. The van der Waals surface area contributed by atoms with E-state index in [1.165, 1.54) is 24.4 Å². The topological polar surface area (TPSA) is 124 Å². The van der Waals surface area contributed by atoms with Gasteiger partial charge in [-0.1, -0.05) is 24.3 Å². The molecule has 8 nitrogen and oxygen atoms in total. The molecule has 8 heteroatoms. The molecule has 0 bridgehead atoms. The zero-order chi connectivity index (χ0) is 23.8. The molecule has 1 aliphatic rings. The molecule has 2 aromatic carbocycles. The van der Waals surface area contributed by atoms with Crippen LogP contribution in [0.15, 0.2) is 73.1 Å². The Morgan fingerprint density at radius 1 is 0.765 bits per heavy atom. The Hall–Kier alpha value is -4.98. The smallest absolute Gasteiger partial charge is 0.335 e. The average molecular weight is 450 g/mol. The van der Waals surface area contributed by atoms with Crippen molar-refractivity contribution in [1.82, 2.24) is 9.97 Å². The van der Waals surface area contributed by atoms with Gasteiger partial charge in [0.15, 0.2) is 0 Å². The van der Waals surface area contributed by atoms with E-state index in [2.05, 4.69) is 9.97 Å². The summed E-state index contributed by atoms with van der Waals surface area (Å²) in [6.07, 6.45) is 3.07. The monoisotopic (exact) mass is 450 g/mol. The molecule has 2 heterocycles. The highest BCUT2D eigenvalue weighted by molar-refractivity contribution is 6.52. The molecule has 164 valence electrons. The van der Waals surface area contributed by atoms with Gasteiger partial charge >= 0.3 is 5.97 Å². The van der Waals surface area contributed by atoms with Crippen LogP contribution in [-0.4, -0.2) is 39.1 Å². The molecule has 0 saturated carbocycles. The molecule has 34 heavy (non-hydrogen) atoms. The molecule has 4 aromatic rings. The maximum atomic E-state index is 13.0. The normalized spacial score (nSPS) is 12.0. The Bertz CT molecular complexity index is 1530. The van der Waals surface area contributed by atoms with Gasteiger partial charge in [-0.25, -0.2) is 4.79 Å². The summed E-state index contributed by atoms with van der Waals surface area (Å²) in [5, 5.41) is 9.24. The number of ether oxygens (including phenoxy) is 1. The van der Waals surface area contributed by atoms with Gasteiger partial charge in [0, 0.05) is 23.5 Å². The van der Waals surface area contributed by atoms with Crippen molar-refractivity contribution in [3.05, 3.63) is 89.7 Å². The Labute approximate surface area is 192 Å². The quantitative estimate of drug-likeness (QED) is 0.356. The molecular formula is C26H14N2O6. The van der Waals surface area contributed by atoms with E-state index in [0.29, 0.717) is 34.5 Å².